The van der Waals surface area contributed by atoms with Crippen molar-refractivity contribution < 1.29 is 18.7 Å². The van der Waals surface area contributed by atoms with E-state index in [1.54, 1.807) is 54.6 Å². The quantitative estimate of drug-likeness (QED) is 0.271. The molecule has 0 aliphatic carbocycles. The molecule has 1 N–H and O–H groups in total. The minimum atomic E-state index is -0.541. The van der Waals surface area contributed by atoms with E-state index in [0.717, 1.165) is 10.5 Å². The van der Waals surface area contributed by atoms with Crippen LogP contribution in [0.1, 0.15) is 11.1 Å². The van der Waals surface area contributed by atoms with Gasteiger partial charge in [0.1, 0.15) is 23.9 Å². The number of anilines is 1. The summed E-state index contributed by atoms with van der Waals surface area (Å²) >= 11 is 12.8. The van der Waals surface area contributed by atoms with Crippen LogP contribution in [0.2, 0.25) is 5.02 Å². The second kappa shape index (κ2) is 9.44. The minimum absolute atomic E-state index is 0.142. The maximum Gasteiger partial charge on any atom is 0.333 e. The first-order valence-corrected chi connectivity index (χ1v) is 11.3. The summed E-state index contributed by atoms with van der Waals surface area (Å²) in [5.74, 6) is -0.223. The number of ether oxygens (including phenoxy) is 1. The lowest BCUT2D eigenvalue weighted by Gasteiger charge is -2.12. The fourth-order valence-electron chi connectivity index (χ4n) is 3.06. The minimum Gasteiger partial charge on any atom is -0.487 e. The molecule has 3 amide bonds. The molecule has 0 aromatic heterocycles. The summed E-state index contributed by atoms with van der Waals surface area (Å²) in [6, 6.07) is 15.5. The second-order valence-corrected chi connectivity index (χ2v) is 8.98. The number of rotatable bonds is 5. The number of hydrogen-bond acceptors (Lipinski definition) is 3. The first-order chi connectivity index (χ1) is 15.3. The van der Waals surface area contributed by atoms with Crippen LogP contribution in [-0.2, 0) is 11.4 Å². The zero-order valence-electron chi connectivity index (χ0n) is 16.2. The Kier molecular flexibility index (Phi) is 6.64. The van der Waals surface area contributed by atoms with Crippen molar-refractivity contribution in [2.75, 3.05) is 4.90 Å². The molecule has 1 fully saturated rings. The molecule has 1 heterocycles. The van der Waals surface area contributed by atoms with Crippen molar-refractivity contribution in [3.8, 4) is 5.75 Å². The van der Waals surface area contributed by atoms with Gasteiger partial charge < -0.3 is 10.1 Å². The molecule has 1 saturated heterocycles. The largest absolute Gasteiger partial charge is 0.487 e. The van der Waals surface area contributed by atoms with E-state index in [9.17, 15) is 14.0 Å². The van der Waals surface area contributed by atoms with E-state index in [4.69, 9.17) is 16.3 Å². The number of carbonyl (C=O) groups is 2. The lowest BCUT2D eigenvalue weighted by molar-refractivity contribution is -0.113. The predicted octanol–water partition coefficient (Wildman–Crippen LogP) is 6.68. The fraction of sp³-hybridized carbons (Fsp3) is 0.0435. The number of amides is 3. The summed E-state index contributed by atoms with van der Waals surface area (Å²) in [7, 11) is 0. The molecule has 4 rings (SSSR count). The van der Waals surface area contributed by atoms with Gasteiger partial charge in [-0.25, -0.2) is 14.1 Å². The normalized spacial score (nSPS) is 14.8. The summed E-state index contributed by atoms with van der Waals surface area (Å²) < 4.78 is 20.2. The van der Waals surface area contributed by atoms with E-state index in [2.05, 4.69) is 37.2 Å². The van der Waals surface area contributed by atoms with Crippen molar-refractivity contribution in [3.63, 3.8) is 0 Å². The van der Waals surface area contributed by atoms with Gasteiger partial charge in [0.05, 0.1) is 14.6 Å². The molecule has 0 spiro atoms. The predicted molar refractivity (Wildman–Crippen MR) is 128 cm³/mol. The number of nitrogens with one attached hydrogen (secondary N) is 1. The highest BCUT2D eigenvalue weighted by atomic mass is 79.9. The highest BCUT2D eigenvalue weighted by molar-refractivity contribution is 9.11. The summed E-state index contributed by atoms with van der Waals surface area (Å²) in [6.45, 7) is 0.252. The SMILES string of the molecule is O=C1N/C(=C/c2cc(Br)c(OCc3ccc(F)cc3)c(Br)c2)C(=O)N1c1ccc(Cl)cc1. The molecule has 9 heteroatoms. The van der Waals surface area contributed by atoms with E-state index >= 15 is 0 Å². The van der Waals surface area contributed by atoms with E-state index in [1.165, 1.54) is 12.1 Å². The molecular weight excluding hydrogens is 567 g/mol. The summed E-state index contributed by atoms with van der Waals surface area (Å²) in [4.78, 5) is 26.2. The highest BCUT2D eigenvalue weighted by Gasteiger charge is 2.34. The second-order valence-electron chi connectivity index (χ2n) is 6.83. The van der Waals surface area contributed by atoms with Gasteiger partial charge in [0.2, 0.25) is 0 Å². The average Bonchev–Trinajstić information content (AvgIpc) is 3.02. The van der Waals surface area contributed by atoms with Gasteiger partial charge in [-0.05, 0) is 97.6 Å². The standard InChI is InChI=1S/C23H14Br2ClFN2O3/c24-18-9-14(10-19(25)21(18)32-12-13-1-5-16(27)6-2-13)11-20-22(30)29(23(31)28-20)17-7-3-15(26)4-8-17/h1-11H,12H2,(H,28,31)/b20-11+. The zero-order valence-corrected chi connectivity index (χ0v) is 20.2. The smallest absolute Gasteiger partial charge is 0.333 e. The van der Waals surface area contributed by atoms with E-state index in [0.29, 0.717) is 31.0 Å². The Morgan fingerprint density at radius 1 is 1.00 bits per heavy atom. The number of carbonyl (C=O) groups excluding carboxylic acids is 2. The Labute approximate surface area is 205 Å². The van der Waals surface area contributed by atoms with Crippen LogP contribution in [-0.4, -0.2) is 11.9 Å². The first-order valence-electron chi connectivity index (χ1n) is 9.31. The molecule has 0 radical (unpaired) electrons. The highest BCUT2D eigenvalue weighted by Crippen LogP contribution is 2.36. The Morgan fingerprint density at radius 2 is 1.62 bits per heavy atom. The number of benzene rings is 3. The third-order valence-corrected chi connectivity index (χ3v) is 6.02. The molecule has 32 heavy (non-hydrogen) atoms. The molecule has 1 aliphatic heterocycles. The van der Waals surface area contributed by atoms with E-state index < -0.39 is 11.9 Å². The van der Waals surface area contributed by atoms with Crippen LogP contribution in [0.25, 0.3) is 6.08 Å². The Balaban J connectivity index is 1.54. The molecule has 162 valence electrons. The summed E-state index contributed by atoms with van der Waals surface area (Å²) in [5, 5.41) is 3.10. The van der Waals surface area contributed by atoms with Gasteiger partial charge in [-0.3, -0.25) is 4.79 Å². The van der Waals surface area contributed by atoms with Crippen LogP contribution in [0.15, 0.2) is 75.3 Å². The molecule has 3 aromatic rings. The number of nitrogens with zero attached hydrogens (tertiary/aromatic N) is 1. The Morgan fingerprint density at radius 3 is 2.25 bits per heavy atom. The van der Waals surface area contributed by atoms with Gasteiger partial charge in [-0.2, -0.15) is 0 Å². The van der Waals surface area contributed by atoms with Gasteiger partial charge in [0.15, 0.2) is 0 Å². The number of hydrogen-bond donors (Lipinski definition) is 1. The first kappa shape index (κ1) is 22.5. The molecule has 0 bridgehead atoms. The lowest BCUT2D eigenvalue weighted by Crippen LogP contribution is -2.30. The van der Waals surface area contributed by atoms with Crippen molar-refractivity contribution in [3.05, 3.63) is 97.3 Å². The van der Waals surface area contributed by atoms with Gasteiger partial charge in [0, 0.05) is 5.02 Å². The molecule has 5 nitrogen and oxygen atoms in total. The van der Waals surface area contributed by atoms with Crippen LogP contribution in [0.4, 0.5) is 14.9 Å². The maximum absolute atomic E-state index is 13.1. The number of halogens is 4. The van der Waals surface area contributed by atoms with Gasteiger partial charge in [-0.1, -0.05) is 23.7 Å². The average molecular weight is 581 g/mol. The molecular formula is C23H14Br2ClFN2O3. The molecule has 0 saturated carbocycles. The van der Waals surface area contributed by atoms with Crippen molar-refractivity contribution in [1.82, 2.24) is 5.32 Å². The zero-order chi connectivity index (χ0) is 22.8. The number of imide groups is 1. The van der Waals surface area contributed by atoms with Crippen LogP contribution in [0, 0.1) is 5.82 Å². The Hall–Kier alpha value is -2.68. The van der Waals surface area contributed by atoms with Crippen LogP contribution >= 0.6 is 43.5 Å². The molecule has 0 atom stereocenters. The van der Waals surface area contributed by atoms with Gasteiger partial charge in [-0.15, -0.1) is 0 Å². The molecule has 3 aromatic carbocycles. The van der Waals surface area contributed by atoms with Gasteiger partial charge >= 0.3 is 6.03 Å². The maximum atomic E-state index is 13.1. The van der Waals surface area contributed by atoms with Crippen LogP contribution in [0.3, 0.4) is 0 Å². The Bertz CT molecular complexity index is 1210. The third-order valence-electron chi connectivity index (χ3n) is 4.59. The van der Waals surface area contributed by atoms with Crippen LogP contribution < -0.4 is 15.0 Å². The fourth-order valence-corrected chi connectivity index (χ4v) is 4.64. The topological polar surface area (TPSA) is 58.6 Å². The lowest BCUT2D eigenvalue weighted by atomic mass is 10.1. The van der Waals surface area contributed by atoms with Crippen molar-refractivity contribution in [2.24, 2.45) is 0 Å². The third kappa shape index (κ3) is 4.87. The molecule has 1 aliphatic rings. The molecule has 0 unspecified atom stereocenters. The monoisotopic (exact) mass is 578 g/mol. The van der Waals surface area contributed by atoms with Crippen LogP contribution in [0.5, 0.6) is 5.75 Å². The van der Waals surface area contributed by atoms with Crippen molar-refractivity contribution in [2.45, 2.75) is 6.61 Å². The van der Waals surface area contributed by atoms with Gasteiger partial charge in [0.25, 0.3) is 5.91 Å². The number of urea groups is 1. The van der Waals surface area contributed by atoms with Crippen molar-refractivity contribution >= 4 is 67.2 Å². The van der Waals surface area contributed by atoms with E-state index in [-0.39, 0.29) is 18.1 Å². The van der Waals surface area contributed by atoms with Crippen molar-refractivity contribution in [1.29, 1.82) is 0 Å². The summed E-state index contributed by atoms with van der Waals surface area (Å²) in [5.41, 5.74) is 2.05. The summed E-state index contributed by atoms with van der Waals surface area (Å²) in [6.07, 6.45) is 1.58. The van der Waals surface area contributed by atoms with E-state index in [1.807, 2.05) is 0 Å².